The van der Waals surface area contributed by atoms with E-state index in [2.05, 4.69) is 12.2 Å². The van der Waals surface area contributed by atoms with Crippen LogP contribution in [0.15, 0.2) is 30.3 Å². The molecule has 124 valence electrons. The van der Waals surface area contributed by atoms with Crippen molar-refractivity contribution >= 4 is 17.9 Å². The molecule has 0 aromatic heterocycles. The van der Waals surface area contributed by atoms with Gasteiger partial charge in [-0.2, -0.15) is 11.8 Å². The van der Waals surface area contributed by atoms with Crippen LogP contribution in [0.4, 0.5) is 4.79 Å². The van der Waals surface area contributed by atoms with Crippen molar-refractivity contribution in [1.29, 1.82) is 0 Å². The Morgan fingerprint density at radius 1 is 1.27 bits per heavy atom. The summed E-state index contributed by atoms with van der Waals surface area (Å²) in [4.78, 5) is 11.9. The topological polar surface area (TPSA) is 47.6 Å². The number of carbonyl (C=O) groups excluding carboxylic acids is 1. The van der Waals surface area contributed by atoms with Gasteiger partial charge in [0.2, 0.25) is 0 Å². The molecule has 0 aliphatic carbocycles. The number of carbonyl (C=O) groups is 1. The van der Waals surface area contributed by atoms with E-state index in [4.69, 9.17) is 9.47 Å². The van der Waals surface area contributed by atoms with Gasteiger partial charge in [0, 0.05) is 5.75 Å². The van der Waals surface area contributed by atoms with Crippen molar-refractivity contribution < 1.29 is 14.3 Å². The average molecular weight is 325 g/mol. The highest BCUT2D eigenvalue weighted by Crippen LogP contribution is 2.09. The summed E-state index contributed by atoms with van der Waals surface area (Å²) in [5, 5.41) is 2.89. The van der Waals surface area contributed by atoms with E-state index in [0.29, 0.717) is 13.2 Å². The summed E-state index contributed by atoms with van der Waals surface area (Å²) in [5.41, 5.74) is 0.638. The first-order valence-electron chi connectivity index (χ1n) is 7.59. The van der Waals surface area contributed by atoms with E-state index in [1.54, 1.807) is 11.8 Å². The van der Waals surface area contributed by atoms with E-state index >= 15 is 0 Å². The third-order valence-electron chi connectivity index (χ3n) is 2.67. The maximum absolute atomic E-state index is 11.9. The van der Waals surface area contributed by atoms with Crippen molar-refractivity contribution in [3.63, 3.8) is 0 Å². The van der Waals surface area contributed by atoms with Gasteiger partial charge < -0.3 is 14.8 Å². The van der Waals surface area contributed by atoms with Crippen molar-refractivity contribution in [3.8, 4) is 0 Å². The zero-order valence-electron chi connectivity index (χ0n) is 13.9. The van der Waals surface area contributed by atoms with Crippen LogP contribution in [-0.4, -0.2) is 35.8 Å². The first kappa shape index (κ1) is 18.8. The van der Waals surface area contributed by atoms with Crippen LogP contribution in [0.1, 0.15) is 33.3 Å². The van der Waals surface area contributed by atoms with Crippen molar-refractivity contribution in [2.24, 2.45) is 0 Å². The number of hydrogen-bond donors (Lipinski definition) is 1. The van der Waals surface area contributed by atoms with Crippen LogP contribution in [0, 0.1) is 0 Å². The third kappa shape index (κ3) is 8.95. The summed E-state index contributed by atoms with van der Waals surface area (Å²) < 4.78 is 11.0. The predicted molar refractivity (Wildman–Crippen MR) is 92.3 cm³/mol. The molecule has 0 spiro atoms. The standard InChI is InChI=1S/C17H27NO3S/c1-5-22-13-15(18-16(19)21-17(2,3)4)12-20-11-14-9-7-6-8-10-14/h6-10,15H,5,11-13H2,1-4H3,(H,18,19). The Morgan fingerprint density at radius 3 is 2.55 bits per heavy atom. The smallest absolute Gasteiger partial charge is 0.407 e. The minimum Gasteiger partial charge on any atom is -0.444 e. The highest BCUT2D eigenvalue weighted by atomic mass is 32.2. The van der Waals surface area contributed by atoms with E-state index < -0.39 is 11.7 Å². The largest absolute Gasteiger partial charge is 0.444 e. The molecule has 1 aromatic carbocycles. The molecule has 1 atom stereocenters. The van der Waals surface area contributed by atoms with E-state index in [1.807, 2.05) is 51.1 Å². The predicted octanol–water partition coefficient (Wildman–Crippen LogP) is 3.85. The number of alkyl carbamates (subject to hydrolysis) is 1. The van der Waals surface area contributed by atoms with E-state index in [9.17, 15) is 4.79 Å². The molecule has 4 nitrogen and oxygen atoms in total. The van der Waals surface area contributed by atoms with Gasteiger partial charge in [-0.1, -0.05) is 37.3 Å². The minimum absolute atomic E-state index is 0.0523. The molecule has 0 saturated carbocycles. The van der Waals surface area contributed by atoms with Gasteiger partial charge in [0.1, 0.15) is 5.60 Å². The molecular weight excluding hydrogens is 298 g/mol. The number of hydrogen-bond acceptors (Lipinski definition) is 4. The van der Waals surface area contributed by atoms with E-state index in [-0.39, 0.29) is 6.04 Å². The molecule has 1 aromatic rings. The van der Waals surface area contributed by atoms with Crippen LogP contribution in [0.2, 0.25) is 0 Å². The number of benzene rings is 1. The number of rotatable bonds is 8. The molecule has 1 N–H and O–H groups in total. The quantitative estimate of drug-likeness (QED) is 0.788. The van der Waals surface area contributed by atoms with Crippen LogP contribution in [0.3, 0.4) is 0 Å². The molecule has 5 heteroatoms. The lowest BCUT2D eigenvalue weighted by atomic mass is 10.2. The summed E-state index contributed by atoms with van der Waals surface area (Å²) in [5.74, 6) is 1.82. The fraction of sp³-hybridized carbons (Fsp3) is 0.588. The first-order chi connectivity index (χ1) is 10.4. The van der Waals surface area contributed by atoms with Crippen molar-refractivity contribution in [3.05, 3.63) is 35.9 Å². The van der Waals surface area contributed by atoms with Gasteiger partial charge in [0.15, 0.2) is 0 Å². The first-order valence-corrected chi connectivity index (χ1v) is 8.75. The number of thioether (sulfide) groups is 1. The Morgan fingerprint density at radius 2 is 1.95 bits per heavy atom. The fourth-order valence-corrected chi connectivity index (χ4v) is 2.46. The summed E-state index contributed by atoms with van der Waals surface area (Å²) in [6.07, 6.45) is -0.391. The molecule has 0 saturated heterocycles. The number of nitrogens with one attached hydrogen (secondary N) is 1. The van der Waals surface area contributed by atoms with Crippen LogP contribution >= 0.6 is 11.8 Å². The van der Waals surface area contributed by atoms with E-state index in [0.717, 1.165) is 17.1 Å². The second kappa shape index (κ2) is 9.74. The van der Waals surface area contributed by atoms with Crippen LogP contribution < -0.4 is 5.32 Å². The molecule has 1 rings (SSSR count). The van der Waals surface area contributed by atoms with Crippen LogP contribution in [0.25, 0.3) is 0 Å². The zero-order valence-corrected chi connectivity index (χ0v) is 14.7. The summed E-state index contributed by atoms with van der Waals surface area (Å²) in [6, 6.07) is 9.95. The van der Waals surface area contributed by atoms with Crippen molar-refractivity contribution in [2.45, 2.75) is 45.9 Å². The molecular formula is C17H27NO3S. The fourth-order valence-electron chi connectivity index (χ4n) is 1.76. The van der Waals surface area contributed by atoms with Gasteiger partial charge in [-0.25, -0.2) is 4.79 Å². The molecule has 0 radical (unpaired) electrons. The molecule has 0 aliphatic heterocycles. The lowest BCUT2D eigenvalue weighted by Gasteiger charge is -2.23. The molecule has 0 fully saturated rings. The monoisotopic (exact) mass is 325 g/mol. The number of amides is 1. The van der Waals surface area contributed by atoms with Gasteiger partial charge in [-0.05, 0) is 32.1 Å². The van der Waals surface area contributed by atoms with Crippen LogP contribution in [0.5, 0.6) is 0 Å². The Hall–Kier alpha value is -1.20. The summed E-state index contributed by atoms with van der Waals surface area (Å²) in [7, 11) is 0. The zero-order chi connectivity index (χ0) is 16.4. The molecule has 0 heterocycles. The van der Waals surface area contributed by atoms with Gasteiger partial charge in [-0.15, -0.1) is 0 Å². The molecule has 0 bridgehead atoms. The van der Waals surface area contributed by atoms with Gasteiger partial charge in [0.25, 0.3) is 0 Å². The lowest BCUT2D eigenvalue weighted by molar-refractivity contribution is 0.0445. The van der Waals surface area contributed by atoms with E-state index in [1.165, 1.54) is 0 Å². The Labute approximate surface area is 138 Å². The maximum Gasteiger partial charge on any atom is 0.407 e. The molecule has 1 unspecified atom stereocenters. The van der Waals surface area contributed by atoms with Crippen molar-refractivity contribution in [2.75, 3.05) is 18.1 Å². The maximum atomic E-state index is 11.9. The highest BCUT2D eigenvalue weighted by Gasteiger charge is 2.19. The third-order valence-corrected chi connectivity index (χ3v) is 3.72. The average Bonchev–Trinajstić information content (AvgIpc) is 2.43. The summed E-state index contributed by atoms with van der Waals surface area (Å²) in [6.45, 7) is 8.68. The van der Waals surface area contributed by atoms with Crippen LogP contribution in [-0.2, 0) is 16.1 Å². The number of ether oxygens (including phenoxy) is 2. The van der Waals surface area contributed by atoms with Gasteiger partial charge in [0.05, 0.1) is 19.3 Å². The second-order valence-corrected chi connectivity index (χ2v) is 7.32. The Kier molecular flexibility index (Phi) is 8.35. The van der Waals surface area contributed by atoms with Crippen molar-refractivity contribution in [1.82, 2.24) is 5.32 Å². The Balaban J connectivity index is 2.41. The van der Waals surface area contributed by atoms with Gasteiger partial charge >= 0.3 is 6.09 Å². The summed E-state index contributed by atoms with van der Waals surface area (Å²) >= 11 is 1.77. The molecule has 0 aliphatic rings. The molecule has 1 amide bonds. The SMILES string of the molecule is CCSCC(COCc1ccccc1)NC(=O)OC(C)(C)C. The normalized spacial score (nSPS) is 12.7. The molecule has 22 heavy (non-hydrogen) atoms. The minimum atomic E-state index is -0.489. The Bertz CT molecular complexity index is 431. The second-order valence-electron chi connectivity index (χ2n) is 6.00. The van der Waals surface area contributed by atoms with Gasteiger partial charge in [-0.3, -0.25) is 0 Å². The highest BCUT2D eigenvalue weighted by molar-refractivity contribution is 7.99. The lowest BCUT2D eigenvalue weighted by Crippen LogP contribution is -2.43.